The largest absolute Gasteiger partial charge is 0.493 e. The third kappa shape index (κ3) is 5.58. The molecule has 8 rings (SSSR count). The molecule has 226 valence electrons. The van der Waals surface area contributed by atoms with Gasteiger partial charge >= 0.3 is 0 Å². The van der Waals surface area contributed by atoms with E-state index in [2.05, 4.69) is 15.1 Å². The molecule has 4 fully saturated rings. The van der Waals surface area contributed by atoms with E-state index >= 15 is 0 Å². The zero-order valence-corrected chi connectivity index (χ0v) is 25.8. The van der Waals surface area contributed by atoms with E-state index in [4.69, 9.17) is 41.9 Å². The molecule has 4 saturated carbocycles. The number of aromatic nitrogens is 3. The van der Waals surface area contributed by atoms with E-state index in [-0.39, 0.29) is 22.6 Å². The van der Waals surface area contributed by atoms with E-state index in [1.165, 1.54) is 6.07 Å². The number of hydrogen-bond donors (Lipinski definition) is 0. The summed E-state index contributed by atoms with van der Waals surface area (Å²) < 4.78 is 39.8. The maximum Gasteiger partial charge on any atom is 0.153 e. The summed E-state index contributed by atoms with van der Waals surface area (Å²) in [5, 5.41) is 5.89. The molecule has 0 unspecified atom stereocenters. The van der Waals surface area contributed by atoms with Crippen LogP contribution in [0.3, 0.4) is 0 Å². The molecule has 43 heavy (non-hydrogen) atoms. The number of ether oxygens (including phenoxy) is 3. The minimum absolute atomic E-state index is 0.0352. The standard InChI is InChI=1S/C33H34Cl2FN3O4/c1-19(2)42-27-5-12-38-29-22(27)13-21(14-26(29)36)40-18-32-6-9-33(10-7-32,11-8-32)41-17-23-30(39-43-31(23)20-3-4-20)28-24(34)15-37-16-25(28)35/h5,12-16,19-20H,3-4,6-11,17-18H2,1-2H3. The van der Waals surface area contributed by atoms with Crippen LogP contribution in [-0.4, -0.2) is 33.4 Å². The first-order valence-electron chi connectivity index (χ1n) is 15.0. The van der Waals surface area contributed by atoms with Gasteiger partial charge < -0.3 is 18.7 Å². The summed E-state index contributed by atoms with van der Waals surface area (Å²) in [5.74, 6) is 1.94. The summed E-state index contributed by atoms with van der Waals surface area (Å²) in [6, 6.07) is 5.04. The van der Waals surface area contributed by atoms with Crippen molar-refractivity contribution in [2.24, 2.45) is 5.41 Å². The van der Waals surface area contributed by atoms with Gasteiger partial charge in [0.1, 0.15) is 28.5 Å². The average molecular weight is 627 g/mol. The van der Waals surface area contributed by atoms with Crippen LogP contribution >= 0.6 is 23.2 Å². The Hall–Kier alpha value is -2.94. The van der Waals surface area contributed by atoms with Crippen molar-refractivity contribution in [1.29, 1.82) is 0 Å². The molecule has 0 amide bonds. The van der Waals surface area contributed by atoms with Gasteiger partial charge in [-0.05, 0) is 77.3 Å². The monoisotopic (exact) mass is 625 g/mol. The highest BCUT2D eigenvalue weighted by Gasteiger charge is 2.50. The molecular weight excluding hydrogens is 592 g/mol. The predicted octanol–water partition coefficient (Wildman–Crippen LogP) is 9.08. The second-order valence-electron chi connectivity index (χ2n) is 12.7. The van der Waals surface area contributed by atoms with Crippen molar-refractivity contribution in [3.05, 3.63) is 64.0 Å². The van der Waals surface area contributed by atoms with E-state index in [1.54, 1.807) is 24.7 Å². The van der Waals surface area contributed by atoms with E-state index in [0.29, 0.717) is 57.3 Å². The zero-order chi connectivity index (χ0) is 29.8. The number of benzene rings is 1. The van der Waals surface area contributed by atoms with Crippen LogP contribution in [0.15, 0.2) is 41.3 Å². The van der Waals surface area contributed by atoms with Gasteiger partial charge in [0.2, 0.25) is 0 Å². The number of pyridine rings is 2. The highest BCUT2D eigenvalue weighted by Crippen LogP contribution is 2.55. The molecule has 0 spiro atoms. The average Bonchev–Trinajstić information content (AvgIpc) is 3.76. The molecule has 10 heteroatoms. The van der Waals surface area contributed by atoms with E-state index in [0.717, 1.165) is 62.7 Å². The first-order valence-corrected chi connectivity index (χ1v) is 15.8. The van der Waals surface area contributed by atoms with Crippen LogP contribution < -0.4 is 9.47 Å². The van der Waals surface area contributed by atoms with Gasteiger partial charge in [0, 0.05) is 52.5 Å². The molecule has 0 atom stereocenters. The second kappa shape index (κ2) is 11.2. The third-order valence-corrected chi connectivity index (χ3v) is 9.93. The Labute approximate surface area is 260 Å². The van der Waals surface area contributed by atoms with Crippen molar-refractivity contribution >= 4 is 34.1 Å². The summed E-state index contributed by atoms with van der Waals surface area (Å²) in [5.41, 5.74) is 2.35. The maximum atomic E-state index is 15.0. The first kappa shape index (κ1) is 28.8. The second-order valence-corrected chi connectivity index (χ2v) is 13.5. The number of nitrogens with zero attached hydrogens (tertiary/aromatic N) is 3. The molecule has 1 aromatic carbocycles. The van der Waals surface area contributed by atoms with Crippen LogP contribution in [0.1, 0.15) is 82.5 Å². The number of rotatable bonds is 10. The lowest BCUT2D eigenvalue weighted by atomic mass is 9.59. The topological polar surface area (TPSA) is 79.5 Å². The van der Waals surface area contributed by atoms with Crippen LogP contribution in [0.5, 0.6) is 11.5 Å². The van der Waals surface area contributed by atoms with Gasteiger partial charge in [0.25, 0.3) is 0 Å². The summed E-state index contributed by atoms with van der Waals surface area (Å²) in [7, 11) is 0. The number of hydrogen-bond acceptors (Lipinski definition) is 7. The third-order valence-electron chi connectivity index (χ3n) is 9.35. The van der Waals surface area contributed by atoms with Crippen LogP contribution in [0.25, 0.3) is 22.2 Å². The van der Waals surface area contributed by atoms with Crippen LogP contribution in [0.2, 0.25) is 10.0 Å². The van der Waals surface area contributed by atoms with Gasteiger partial charge in [-0.15, -0.1) is 0 Å². The number of fused-ring (bicyclic) bond motifs is 4. The van der Waals surface area contributed by atoms with Gasteiger partial charge in [-0.1, -0.05) is 28.4 Å². The molecule has 7 nitrogen and oxygen atoms in total. The molecule has 2 bridgehead atoms. The summed E-state index contributed by atoms with van der Waals surface area (Å²) in [4.78, 5) is 8.30. The molecule has 4 aliphatic rings. The van der Waals surface area contributed by atoms with Gasteiger partial charge in [0.05, 0.1) is 35.0 Å². The van der Waals surface area contributed by atoms with E-state index in [9.17, 15) is 4.39 Å². The van der Waals surface area contributed by atoms with Gasteiger partial charge in [-0.25, -0.2) is 4.39 Å². The fraction of sp³-hybridized carbons (Fsp3) is 0.485. The van der Waals surface area contributed by atoms with Gasteiger partial charge in [-0.3, -0.25) is 9.97 Å². The Morgan fingerprint density at radius 2 is 1.77 bits per heavy atom. The summed E-state index contributed by atoms with van der Waals surface area (Å²) >= 11 is 13.0. The van der Waals surface area contributed by atoms with Crippen molar-refractivity contribution in [3.63, 3.8) is 0 Å². The minimum atomic E-state index is -0.410. The molecule has 0 N–H and O–H groups in total. The van der Waals surface area contributed by atoms with Crippen molar-refractivity contribution in [2.45, 2.75) is 89.4 Å². The molecule has 4 aromatic rings. The Balaban J connectivity index is 1.04. The SMILES string of the molecule is CC(C)Oc1ccnc2c(F)cc(OCC34CCC(OCc5c(-c6c(Cl)cncc6Cl)noc5C5CC5)(CC3)CC4)cc12. The Morgan fingerprint density at radius 3 is 2.44 bits per heavy atom. The smallest absolute Gasteiger partial charge is 0.153 e. The van der Waals surface area contributed by atoms with Crippen LogP contribution in [-0.2, 0) is 11.3 Å². The van der Waals surface area contributed by atoms with Crippen molar-refractivity contribution < 1.29 is 23.1 Å². The zero-order valence-electron chi connectivity index (χ0n) is 24.3. The predicted molar refractivity (Wildman–Crippen MR) is 162 cm³/mol. The minimum Gasteiger partial charge on any atom is -0.493 e. The quantitative estimate of drug-likeness (QED) is 0.174. The molecule has 0 aliphatic heterocycles. The fourth-order valence-corrected chi connectivity index (χ4v) is 7.23. The first-order chi connectivity index (χ1) is 20.7. The van der Waals surface area contributed by atoms with Crippen molar-refractivity contribution in [1.82, 2.24) is 15.1 Å². The Morgan fingerprint density at radius 1 is 1.05 bits per heavy atom. The fourth-order valence-electron chi connectivity index (χ4n) is 6.69. The Bertz CT molecular complexity index is 1630. The highest BCUT2D eigenvalue weighted by molar-refractivity contribution is 6.38. The lowest BCUT2D eigenvalue weighted by molar-refractivity contribution is -0.150. The van der Waals surface area contributed by atoms with Crippen LogP contribution in [0.4, 0.5) is 4.39 Å². The summed E-state index contributed by atoms with van der Waals surface area (Å²) in [6.45, 7) is 4.83. The van der Waals surface area contributed by atoms with Crippen LogP contribution in [0, 0.1) is 11.2 Å². The Kier molecular flexibility index (Phi) is 7.51. The molecule has 0 radical (unpaired) electrons. The normalized spacial score (nSPS) is 23.3. The van der Waals surface area contributed by atoms with Crippen molar-refractivity contribution in [2.75, 3.05) is 6.61 Å². The molecule has 0 saturated heterocycles. The summed E-state index contributed by atoms with van der Waals surface area (Å²) in [6.07, 6.45) is 12.6. The number of halogens is 3. The lowest BCUT2D eigenvalue weighted by Crippen LogP contribution is -2.49. The van der Waals surface area contributed by atoms with E-state index < -0.39 is 5.82 Å². The maximum absolute atomic E-state index is 15.0. The molecule has 3 aromatic heterocycles. The molecule has 4 aliphatic carbocycles. The van der Waals surface area contributed by atoms with Gasteiger partial charge in [0.15, 0.2) is 5.82 Å². The van der Waals surface area contributed by atoms with E-state index in [1.807, 2.05) is 19.9 Å². The highest BCUT2D eigenvalue weighted by atomic mass is 35.5. The van der Waals surface area contributed by atoms with Gasteiger partial charge in [-0.2, -0.15) is 0 Å². The molecule has 3 heterocycles. The molecular formula is C33H34Cl2FN3O4. The van der Waals surface area contributed by atoms with Crippen molar-refractivity contribution in [3.8, 4) is 22.8 Å². The lowest BCUT2D eigenvalue weighted by Gasteiger charge is -2.52.